The number of hydrogen-bond acceptors (Lipinski definition) is 6. The number of nitrogens with one attached hydrogen (secondary N) is 1. The zero-order valence-corrected chi connectivity index (χ0v) is 20.3. The predicted molar refractivity (Wildman–Crippen MR) is 132 cm³/mol. The molecule has 2 atom stereocenters. The number of aliphatic hydroxyl groups is 1. The topological polar surface area (TPSA) is 77.0 Å². The summed E-state index contributed by atoms with van der Waals surface area (Å²) in [5.41, 5.74) is 2.71. The van der Waals surface area contributed by atoms with Crippen molar-refractivity contribution in [3.63, 3.8) is 0 Å². The molecule has 3 aromatic carbocycles. The summed E-state index contributed by atoms with van der Waals surface area (Å²) < 4.78 is 55.2. The van der Waals surface area contributed by atoms with E-state index >= 15 is 0 Å². The first-order chi connectivity index (χ1) is 17.7. The van der Waals surface area contributed by atoms with E-state index in [2.05, 4.69) is 11.4 Å². The van der Waals surface area contributed by atoms with E-state index in [4.69, 9.17) is 14.2 Å². The van der Waals surface area contributed by atoms with Crippen molar-refractivity contribution in [2.45, 2.75) is 31.2 Å². The Bertz CT molecular complexity index is 1210. The third-order valence-corrected chi connectivity index (χ3v) is 6.10. The fraction of sp³-hybridized carbons (Fsp3) is 0.321. The van der Waals surface area contributed by atoms with Gasteiger partial charge < -0.3 is 24.6 Å². The summed E-state index contributed by atoms with van der Waals surface area (Å²) in [5, 5.41) is 13.3. The molecule has 0 fully saturated rings. The van der Waals surface area contributed by atoms with Gasteiger partial charge in [0.25, 0.3) is 0 Å². The maximum absolute atomic E-state index is 13.1. The summed E-state index contributed by atoms with van der Waals surface area (Å²) in [4.78, 5) is 11.6. The van der Waals surface area contributed by atoms with Gasteiger partial charge >= 0.3 is 12.1 Å². The van der Waals surface area contributed by atoms with Crippen LogP contribution in [-0.2, 0) is 17.3 Å². The number of methoxy groups -OCH3 is 1. The molecule has 0 aliphatic carbocycles. The Morgan fingerprint density at radius 3 is 2.57 bits per heavy atom. The van der Waals surface area contributed by atoms with Crippen LogP contribution in [0, 0.1) is 0 Å². The molecule has 37 heavy (non-hydrogen) atoms. The van der Waals surface area contributed by atoms with Crippen LogP contribution < -0.4 is 14.8 Å². The van der Waals surface area contributed by atoms with Crippen molar-refractivity contribution >= 4 is 5.97 Å². The Balaban J connectivity index is 1.25. The molecule has 1 heterocycles. The number of carbonyl (C=O) groups is 1. The zero-order valence-electron chi connectivity index (χ0n) is 20.3. The van der Waals surface area contributed by atoms with Gasteiger partial charge in [-0.2, -0.15) is 13.2 Å². The largest absolute Gasteiger partial charge is 0.490 e. The molecule has 196 valence electrons. The van der Waals surface area contributed by atoms with Gasteiger partial charge in [0.2, 0.25) is 0 Å². The van der Waals surface area contributed by atoms with Crippen molar-refractivity contribution in [3.8, 4) is 22.6 Å². The fourth-order valence-electron chi connectivity index (χ4n) is 4.17. The van der Waals surface area contributed by atoms with Crippen molar-refractivity contribution < 1.29 is 37.3 Å². The van der Waals surface area contributed by atoms with Crippen LogP contribution in [0.1, 0.15) is 27.9 Å². The molecule has 4 rings (SSSR count). The zero-order chi connectivity index (χ0) is 26.4. The second-order valence-corrected chi connectivity index (χ2v) is 8.79. The lowest BCUT2D eigenvalue weighted by molar-refractivity contribution is -0.139. The number of ether oxygens (including phenoxy) is 3. The van der Waals surface area contributed by atoms with Crippen molar-refractivity contribution in [1.29, 1.82) is 0 Å². The molecule has 6 nitrogen and oxygen atoms in total. The minimum absolute atomic E-state index is 0.100. The highest BCUT2D eigenvalue weighted by atomic mass is 19.4. The van der Waals surface area contributed by atoms with Crippen LogP contribution in [0.4, 0.5) is 13.2 Å². The molecule has 3 aromatic rings. The number of carbonyl (C=O) groups excluding carboxylic acids is 1. The molecule has 9 heteroatoms. The van der Waals surface area contributed by atoms with Gasteiger partial charge in [0.15, 0.2) is 0 Å². The highest BCUT2D eigenvalue weighted by Gasteiger charge is 2.34. The molecule has 0 aromatic heterocycles. The third-order valence-electron chi connectivity index (χ3n) is 6.10. The Hall–Kier alpha value is -3.56. The summed E-state index contributed by atoms with van der Waals surface area (Å²) in [5.74, 6) is 0.109. The lowest BCUT2D eigenvalue weighted by Crippen LogP contribution is -2.39. The molecule has 0 amide bonds. The molecule has 0 saturated carbocycles. The molecule has 1 aliphatic heterocycles. The minimum Gasteiger partial charge on any atom is -0.490 e. The van der Waals surface area contributed by atoms with Crippen LogP contribution in [0.15, 0.2) is 66.7 Å². The summed E-state index contributed by atoms with van der Waals surface area (Å²) in [6.45, 7) is 0.367. The average Bonchev–Trinajstić information content (AvgIpc) is 2.91. The van der Waals surface area contributed by atoms with E-state index in [-0.39, 0.29) is 31.0 Å². The van der Waals surface area contributed by atoms with Gasteiger partial charge in [-0.05, 0) is 65.9 Å². The number of fused-ring (bicyclic) bond motifs is 1. The molecular formula is C28H28F3NO5. The second-order valence-electron chi connectivity index (χ2n) is 8.79. The molecule has 0 spiro atoms. The van der Waals surface area contributed by atoms with Crippen LogP contribution in [-0.4, -0.2) is 50.1 Å². The first-order valence-electron chi connectivity index (χ1n) is 11.9. The van der Waals surface area contributed by atoms with Gasteiger partial charge in [-0.15, -0.1) is 0 Å². The monoisotopic (exact) mass is 515 g/mol. The Morgan fingerprint density at radius 2 is 1.84 bits per heavy atom. The molecule has 1 aliphatic rings. The fourth-order valence-corrected chi connectivity index (χ4v) is 4.17. The van der Waals surface area contributed by atoms with Crippen molar-refractivity contribution in [1.82, 2.24) is 5.32 Å². The van der Waals surface area contributed by atoms with Crippen LogP contribution in [0.5, 0.6) is 11.5 Å². The van der Waals surface area contributed by atoms with E-state index in [0.29, 0.717) is 12.1 Å². The summed E-state index contributed by atoms with van der Waals surface area (Å²) >= 11 is 0. The quantitative estimate of drug-likeness (QED) is 0.396. The summed E-state index contributed by atoms with van der Waals surface area (Å²) in [6, 6.07) is 18.1. The predicted octanol–water partition coefficient (Wildman–Crippen LogP) is 4.88. The lowest BCUT2D eigenvalue weighted by Gasteiger charge is -2.27. The van der Waals surface area contributed by atoms with Gasteiger partial charge in [-0.3, -0.25) is 0 Å². The van der Waals surface area contributed by atoms with Gasteiger partial charge in [-0.1, -0.05) is 30.3 Å². The molecular weight excluding hydrogens is 487 g/mol. The maximum Gasteiger partial charge on any atom is 0.419 e. The van der Waals surface area contributed by atoms with Crippen molar-refractivity contribution in [2.75, 3.05) is 26.8 Å². The standard InChI is InChI=1S/C28H28F3NO5/c1-35-27(34)19-8-6-18(7-9-19)20-11-13-25-21(14-20)10-12-23(37-25)16-32-15-22(33)17-36-26-5-3-2-4-24(26)28(29,30)31/h2-9,11,13-14,22-23,32-33H,10,12,15-17H2,1H3. The number of alkyl halides is 3. The Kier molecular flexibility index (Phi) is 8.35. The number of aliphatic hydroxyl groups excluding tert-OH is 1. The number of benzene rings is 3. The number of aryl methyl sites for hydroxylation is 1. The number of esters is 1. The van der Waals surface area contributed by atoms with E-state index < -0.39 is 17.8 Å². The highest BCUT2D eigenvalue weighted by Crippen LogP contribution is 2.36. The van der Waals surface area contributed by atoms with Gasteiger partial charge in [-0.25, -0.2) is 4.79 Å². The maximum atomic E-state index is 13.1. The lowest BCUT2D eigenvalue weighted by atomic mass is 9.96. The van der Waals surface area contributed by atoms with E-state index in [1.54, 1.807) is 12.1 Å². The Labute approximate surface area is 213 Å². The number of para-hydroxylation sites is 1. The third kappa shape index (κ3) is 6.81. The first-order valence-corrected chi connectivity index (χ1v) is 11.9. The number of halogens is 3. The van der Waals surface area contributed by atoms with Crippen LogP contribution >= 0.6 is 0 Å². The van der Waals surface area contributed by atoms with Gasteiger partial charge in [0, 0.05) is 13.1 Å². The van der Waals surface area contributed by atoms with E-state index in [1.165, 1.54) is 25.3 Å². The van der Waals surface area contributed by atoms with Crippen molar-refractivity contribution in [3.05, 3.63) is 83.4 Å². The summed E-state index contributed by atoms with van der Waals surface area (Å²) in [7, 11) is 1.35. The molecule has 2 unspecified atom stereocenters. The van der Waals surface area contributed by atoms with E-state index in [9.17, 15) is 23.1 Å². The summed E-state index contributed by atoms with van der Waals surface area (Å²) in [6.07, 6.45) is -4.02. The van der Waals surface area contributed by atoms with Crippen molar-refractivity contribution in [2.24, 2.45) is 0 Å². The van der Waals surface area contributed by atoms with Crippen LogP contribution in [0.25, 0.3) is 11.1 Å². The number of rotatable bonds is 9. The Morgan fingerprint density at radius 1 is 1.11 bits per heavy atom. The second kappa shape index (κ2) is 11.7. The molecule has 0 saturated heterocycles. The van der Waals surface area contributed by atoms with Crippen LogP contribution in [0.2, 0.25) is 0 Å². The minimum atomic E-state index is -4.52. The SMILES string of the molecule is COC(=O)c1ccc(-c2ccc3c(c2)CCC(CNCC(O)COc2ccccc2C(F)(F)F)O3)cc1. The van der Waals surface area contributed by atoms with E-state index in [0.717, 1.165) is 41.3 Å². The number of hydrogen-bond donors (Lipinski definition) is 2. The van der Waals surface area contributed by atoms with E-state index in [1.807, 2.05) is 24.3 Å². The normalized spacial score (nSPS) is 15.9. The molecule has 0 radical (unpaired) electrons. The smallest absolute Gasteiger partial charge is 0.419 e. The first kappa shape index (κ1) is 26.5. The molecule has 2 N–H and O–H groups in total. The highest BCUT2D eigenvalue weighted by molar-refractivity contribution is 5.90. The molecule has 0 bridgehead atoms. The van der Waals surface area contributed by atoms with Gasteiger partial charge in [0.1, 0.15) is 30.3 Å². The van der Waals surface area contributed by atoms with Gasteiger partial charge in [0.05, 0.1) is 18.2 Å². The van der Waals surface area contributed by atoms with Crippen LogP contribution in [0.3, 0.4) is 0 Å². The average molecular weight is 516 g/mol.